The third-order valence-electron chi connectivity index (χ3n) is 2.03. The molecule has 0 saturated carbocycles. The van der Waals surface area contributed by atoms with E-state index in [1.54, 1.807) is 6.08 Å². The standard InChI is InChI=1S/C10H17N/c1-4-9(3)8-10(5-2)6-7-11/h6,9H,4-5,8H2,1-3H3/b10-6+. The van der Waals surface area contributed by atoms with Crippen molar-refractivity contribution >= 4 is 0 Å². The Morgan fingerprint density at radius 1 is 1.55 bits per heavy atom. The first-order chi connectivity index (χ1) is 5.24. The summed E-state index contributed by atoms with van der Waals surface area (Å²) in [4.78, 5) is 0. The van der Waals surface area contributed by atoms with Crippen molar-refractivity contribution in [1.82, 2.24) is 0 Å². The van der Waals surface area contributed by atoms with Gasteiger partial charge in [0.2, 0.25) is 0 Å². The van der Waals surface area contributed by atoms with Crippen LogP contribution in [-0.2, 0) is 0 Å². The van der Waals surface area contributed by atoms with Crippen molar-refractivity contribution in [2.45, 2.75) is 40.0 Å². The molecule has 0 amide bonds. The lowest BCUT2D eigenvalue weighted by molar-refractivity contribution is 0.550. The highest BCUT2D eigenvalue weighted by Gasteiger charge is 2.01. The summed E-state index contributed by atoms with van der Waals surface area (Å²) in [5, 5.41) is 8.43. The van der Waals surface area contributed by atoms with E-state index in [1.807, 2.05) is 0 Å². The van der Waals surface area contributed by atoms with Crippen LogP contribution in [0.2, 0.25) is 0 Å². The molecule has 0 radical (unpaired) electrons. The quantitative estimate of drug-likeness (QED) is 0.566. The molecule has 0 aliphatic heterocycles. The summed E-state index contributed by atoms with van der Waals surface area (Å²) in [5.74, 6) is 0.717. The molecule has 1 atom stereocenters. The highest BCUT2D eigenvalue weighted by atomic mass is 14.2. The average Bonchev–Trinajstić information content (AvgIpc) is 2.03. The van der Waals surface area contributed by atoms with Crippen LogP contribution in [0.15, 0.2) is 11.6 Å². The van der Waals surface area contributed by atoms with Gasteiger partial charge in [-0.1, -0.05) is 32.8 Å². The number of hydrogen-bond donors (Lipinski definition) is 0. The molecule has 0 bridgehead atoms. The third-order valence-corrected chi connectivity index (χ3v) is 2.03. The largest absolute Gasteiger partial charge is 0.193 e. The van der Waals surface area contributed by atoms with Gasteiger partial charge in [0.1, 0.15) is 0 Å². The molecule has 0 N–H and O–H groups in total. The fourth-order valence-corrected chi connectivity index (χ4v) is 0.989. The van der Waals surface area contributed by atoms with Gasteiger partial charge in [-0.3, -0.25) is 0 Å². The summed E-state index contributed by atoms with van der Waals surface area (Å²) in [6.07, 6.45) is 4.98. The normalized spacial score (nSPS) is 14.2. The zero-order valence-corrected chi connectivity index (χ0v) is 7.72. The molecule has 0 aromatic heterocycles. The average molecular weight is 151 g/mol. The molecule has 0 heterocycles. The Bertz CT molecular complexity index is 162. The lowest BCUT2D eigenvalue weighted by Gasteiger charge is -2.08. The first-order valence-electron chi connectivity index (χ1n) is 4.32. The van der Waals surface area contributed by atoms with Gasteiger partial charge in [0, 0.05) is 6.08 Å². The van der Waals surface area contributed by atoms with Crippen LogP contribution in [-0.4, -0.2) is 0 Å². The number of nitriles is 1. The molecule has 0 aliphatic carbocycles. The van der Waals surface area contributed by atoms with Gasteiger partial charge < -0.3 is 0 Å². The van der Waals surface area contributed by atoms with Crippen molar-refractivity contribution < 1.29 is 0 Å². The van der Waals surface area contributed by atoms with Crippen molar-refractivity contribution in [1.29, 1.82) is 5.26 Å². The molecular weight excluding hydrogens is 134 g/mol. The third kappa shape index (κ3) is 4.61. The zero-order valence-electron chi connectivity index (χ0n) is 7.72. The van der Waals surface area contributed by atoms with Crippen LogP contribution in [0.4, 0.5) is 0 Å². The summed E-state index contributed by atoms with van der Waals surface area (Å²) in [6, 6.07) is 2.09. The van der Waals surface area contributed by atoms with E-state index in [0.717, 1.165) is 18.8 Å². The second-order valence-corrected chi connectivity index (χ2v) is 3.00. The molecule has 0 spiro atoms. The smallest absolute Gasteiger partial charge is 0.0911 e. The van der Waals surface area contributed by atoms with Crippen molar-refractivity contribution in [2.24, 2.45) is 5.92 Å². The zero-order chi connectivity index (χ0) is 8.69. The van der Waals surface area contributed by atoms with E-state index < -0.39 is 0 Å². The lowest BCUT2D eigenvalue weighted by atomic mass is 9.97. The summed E-state index contributed by atoms with van der Waals surface area (Å²) in [7, 11) is 0. The molecule has 0 aliphatic rings. The van der Waals surface area contributed by atoms with Gasteiger partial charge in [0.05, 0.1) is 6.07 Å². The first kappa shape index (κ1) is 10.2. The minimum absolute atomic E-state index is 0.717. The van der Waals surface area contributed by atoms with E-state index in [4.69, 9.17) is 5.26 Å². The Kier molecular flexibility index (Phi) is 5.56. The highest BCUT2D eigenvalue weighted by molar-refractivity contribution is 5.13. The molecule has 1 unspecified atom stereocenters. The molecule has 0 aromatic rings. The van der Waals surface area contributed by atoms with Gasteiger partial charge in [-0.15, -0.1) is 0 Å². The van der Waals surface area contributed by atoms with E-state index in [2.05, 4.69) is 26.8 Å². The molecule has 0 aromatic carbocycles. The minimum Gasteiger partial charge on any atom is -0.193 e. The van der Waals surface area contributed by atoms with Crippen LogP contribution in [0.3, 0.4) is 0 Å². The molecule has 1 nitrogen and oxygen atoms in total. The van der Waals surface area contributed by atoms with E-state index in [-0.39, 0.29) is 0 Å². The predicted molar refractivity (Wildman–Crippen MR) is 48.1 cm³/mol. The van der Waals surface area contributed by atoms with Crippen LogP contribution in [0, 0.1) is 17.2 Å². The van der Waals surface area contributed by atoms with Crippen LogP contribution < -0.4 is 0 Å². The number of nitrogens with zero attached hydrogens (tertiary/aromatic N) is 1. The van der Waals surface area contributed by atoms with Crippen molar-refractivity contribution in [3.8, 4) is 6.07 Å². The summed E-state index contributed by atoms with van der Waals surface area (Å²) >= 11 is 0. The van der Waals surface area contributed by atoms with E-state index in [9.17, 15) is 0 Å². The molecule has 1 heteroatoms. The van der Waals surface area contributed by atoms with Crippen LogP contribution in [0.25, 0.3) is 0 Å². The SMILES string of the molecule is CC/C(=C\C#N)CC(C)CC. The van der Waals surface area contributed by atoms with E-state index in [0.29, 0.717) is 0 Å². The van der Waals surface area contributed by atoms with Crippen molar-refractivity contribution in [3.05, 3.63) is 11.6 Å². The Morgan fingerprint density at radius 3 is 2.55 bits per heavy atom. The van der Waals surface area contributed by atoms with Crippen molar-refractivity contribution in [3.63, 3.8) is 0 Å². The summed E-state index contributed by atoms with van der Waals surface area (Å²) < 4.78 is 0. The molecule has 11 heavy (non-hydrogen) atoms. The maximum Gasteiger partial charge on any atom is 0.0911 e. The van der Waals surface area contributed by atoms with Gasteiger partial charge in [-0.25, -0.2) is 0 Å². The number of allylic oxidation sites excluding steroid dienone is 2. The predicted octanol–water partition coefficient (Wildman–Crippen LogP) is 3.28. The second-order valence-electron chi connectivity index (χ2n) is 3.00. The lowest BCUT2D eigenvalue weighted by Crippen LogP contribution is -1.94. The topological polar surface area (TPSA) is 23.8 Å². The maximum absolute atomic E-state index is 8.43. The van der Waals surface area contributed by atoms with E-state index >= 15 is 0 Å². The minimum atomic E-state index is 0.717. The van der Waals surface area contributed by atoms with Gasteiger partial charge in [0.15, 0.2) is 0 Å². The fraction of sp³-hybridized carbons (Fsp3) is 0.700. The van der Waals surface area contributed by atoms with Crippen molar-refractivity contribution in [2.75, 3.05) is 0 Å². The second kappa shape index (κ2) is 5.97. The Labute approximate surface area is 69.7 Å². The molecular formula is C10H17N. The molecule has 0 rings (SSSR count). The fourth-order valence-electron chi connectivity index (χ4n) is 0.989. The molecule has 0 fully saturated rings. The maximum atomic E-state index is 8.43. The van der Waals surface area contributed by atoms with Crippen LogP contribution in [0.5, 0.6) is 0 Å². The van der Waals surface area contributed by atoms with Crippen LogP contribution >= 0.6 is 0 Å². The monoisotopic (exact) mass is 151 g/mol. The molecule has 0 saturated heterocycles. The summed E-state index contributed by atoms with van der Waals surface area (Å²) in [5.41, 5.74) is 1.28. The van der Waals surface area contributed by atoms with Crippen LogP contribution in [0.1, 0.15) is 40.0 Å². The summed E-state index contributed by atoms with van der Waals surface area (Å²) in [6.45, 7) is 6.51. The van der Waals surface area contributed by atoms with Gasteiger partial charge in [0.25, 0.3) is 0 Å². The number of hydrogen-bond acceptors (Lipinski definition) is 1. The Hall–Kier alpha value is -0.770. The molecule has 62 valence electrons. The number of rotatable bonds is 4. The van der Waals surface area contributed by atoms with E-state index in [1.165, 1.54) is 12.0 Å². The Balaban J connectivity index is 3.90. The highest BCUT2D eigenvalue weighted by Crippen LogP contribution is 2.16. The first-order valence-corrected chi connectivity index (χ1v) is 4.32. The van der Waals surface area contributed by atoms with Gasteiger partial charge in [-0.2, -0.15) is 5.26 Å². The van der Waals surface area contributed by atoms with Gasteiger partial charge >= 0.3 is 0 Å². The van der Waals surface area contributed by atoms with Gasteiger partial charge in [-0.05, 0) is 18.8 Å². The Morgan fingerprint density at radius 2 is 2.18 bits per heavy atom.